The van der Waals surface area contributed by atoms with Gasteiger partial charge in [-0.25, -0.2) is 4.39 Å². The van der Waals surface area contributed by atoms with E-state index in [0.29, 0.717) is 5.75 Å². The first-order chi connectivity index (χ1) is 10.1. The molecule has 1 aliphatic rings. The van der Waals surface area contributed by atoms with Crippen molar-refractivity contribution in [1.29, 1.82) is 0 Å². The minimum atomic E-state index is -0.464. The number of amides is 1. The second-order valence-corrected chi connectivity index (χ2v) is 5.60. The van der Waals surface area contributed by atoms with Crippen LogP contribution in [0.1, 0.15) is 38.5 Å². The average Bonchev–Trinajstić information content (AvgIpc) is 2.48. The molecule has 1 aliphatic carbocycles. The topological polar surface area (TPSA) is 58.6 Å². The molecule has 2 rings (SSSR count). The van der Waals surface area contributed by atoms with E-state index in [1.807, 2.05) is 0 Å². The Hall–Kier alpha value is -1.62. The summed E-state index contributed by atoms with van der Waals surface area (Å²) in [5.74, 6) is -0.0851. The summed E-state index contributed by atoms with van der Waals surface area (Å²) in [7, 11) is 0. The van der Waals surface area contributed by atoms with Crippen LogP contribution in [-0.4, -0.2) is 29.8 Å². The summed E-state index contributed by atoms with van der Waals surface area (Å²) in [6.45, 7) is 0.167. The number of rotatable bonds is 6. The minimum absolute atomic E-state index is 0.0243. The van der Waals surface area contributed by atoms with Crippen molar-refractivity contribution in [1.82, 2.24) is 5.32 Å². The molecule has 5 heteroatoms. The van der Waals surface area contributed by atoms with Crippen molar-refractivity contribution in [3.63, 3.8) is 0 Å². The van der Waals surface area contributed by atoms with Crippen LogP contribution in [0.4, 0.5) is 4.39 Å². The van der Waals surface area contributed by atoms with Gasteiger partial charge in [-0.1, -0.05) is 25.3 Å². The molecule has 1 fully saturated rings. The van der Waals surface area contributed by atoms with E-state index >= 15 is 0 Å². The quantitative estimate of drug-likeness (QED) is 0.847. The van der Waals surface area contributed by atoms with Gasteiger partial charge in [0, 0.05) is 6.07 Å². The summed E-state index contributed by atoms with van der Waals surface area (Å²) in [6, 6.07) is 5.84. The second-order valence-electron chi connectivity index (χ2n) is 5.60. The molecule has 0 unspecified atom stereocenters. The summed E-state index contributed by atoms with van der Waals surface area (Å²) in [5, 5.41) is 12.5. The van der Waals surface area contributed by atoms with Gasteiger partial charge >= 0.3 is 0 Å². The zero-order valence-electron chi connectivity index (χ0n) is 12.1. The third-order valence-corrected chi connectivity index (χ3v) is 3.91. The van der Waals surface area contributed by atoms with Gasteiger partial charge in [0.25, 0.3) is 0 Å². The summed E-state index contributed by atoms with van der Waals surface area (Å²) >= 11 is 0. The van der Waals surface area contributed by atoms with E-state index in [-0.39, 0.29) is 31.4 Å². The molecule has 0 saturated heterocycles. The first-order valence-electron chi connectivity index (χ1n) is 7.44. The van der Waals surface area contributed by atoms with Crippen LogP contribution >= 0.6 is 0 Å². The molecule has 4 nitrogen and oxygen atoms in total. The molecular formula is C16H22FNO3. The molecule has 0 spiro atoms. The van der Waals surface area contributed by atoms with Gasteiger partial charge in [0.2, 0.25) is 5.91 Å². The Morgan fingerprint density at radius 2 is 2.10 bits per heavy atom. The fraction of sp³-hybridized carbons (Fsp3) is 0.562. The van der Waals surface area contributed by atoms with Gasteiger partial charge in [-0.15, -0.1) is 0 Å². The number of halogens is 1. The maximum absolute atomic E-state index is 13.0. The zero-order chi connectivity index (χ0) is 15.1. The van der Waals surface area contributed by atoms with Crippen LogP contribution in [0.3, 0.4) is 0 Å². The molecule has 2 N–H and O–H groups in total. The average molecular weight is 295 g/mol. The van der Waals surface area contributed by atoms with Crippen LogP contribution in [0.25, 0.3) is 0 Å². The smallest absolute Gasteiger partial charge is 0.223 e. The molecule has 0 atom stereocenters. The van der Waals surface area contributed by atoms with Crippen molar-refractivity contribution in [3.8, 4) is 5.75 Å². The lowest BCUT2D eigenvalue weighted by Crippen LogP contribution is -2.52. The van der Waals surface area contributed by atoms with Crippen LogP contribution in [0.5, 0.6) is 5.75 Å². The van der Waals surface area contributed by atoms with E-state index in [4.69, 9.17) is 4.74 Å². The zero-order valence-corrected chi connectivity index (χ0v) is 12.1. The Morgan fingerprint density at radius 1 is 1.33 bits per heavy atom. The maximum atomic E-state index is 13.0. The lowest BCUT2D eigenvalue weighted by atomic mass is 9.82. The third kappa shape index (κ3) is 4.70. The molecule has 1 saturated carbocycles. The Morgan fingerprint density at radius 3 is 2.76 bits per heavy atom. The van der Waals surface area contributed by atoms with E-state index in [1.54, 1.807) is 12.1 Å². The Balaban J connectivity index is 1.76. The number of aliphatic hydroxyl groups excluding tert-OH is 1. The monoisotopic (exact) mass is 295 g/mol. The Kier molecular flexibility index (Phi) is 5.56. The summed E-state index contributed by atoms with van der Waals surface area (Å²) in [5.41, 5.74) is -0.464. The van der Waals surface area contributed by atoms with E-state index in [0.717, 1.165) is 32.1 Å². The van der Waals surface area contributed by atoms with Gasteiger partial charge in [0.15, 0.2) is 0 Å². The van der Waals surface area contributed by atoms with E-state index in [2.05, 4.69) is 5.32 Å². The molecule has 21 heavy (non-hydrogen) atoms. The summed E-state index contributed by atoms with van der Waals surface area (Å²) in [4.78, 5) is 12.0. The summed E-state index contributed by atoms with van der Waals surface area (Å²) in [6.07, 6.45) is 5.04. The number of hydrogen-bond donors (Lipinski definition) is 2. The van der Waals surface area contributed by atoms with Crippen molar-refractivity contribution in [2.24, 2.45) is 0 Å². The number of ether oxygens (including phenoxy) is 1. The highest BCUT2D eigenvalue weighted by molar-refractivity contribution is 5.77. The van der Waals surface area contributed by atoms with E-state index < -0.39 is 5.54 Å². The van der Waals surface area contributed by atoms with Crippen molar-refractivity contribution >= 4 is 5.91 Å². The van der Waals surface area contributed by atoms with Gasteiger partial charge in [-0.3, -0.25) is 4.79 Å². The standard InChI is InChI=1S/C16H22FNO3/c17-13-5-4-6-14(11-13)21-10-7-15(20)18-16(12-19)8-2-1-3-9-16/h4-6,11,19H,1-3,7-10,12H2,(H,18,20). The van der Waals surface area contributed by atoms with Gasteiger partial charge in [-0.05, 0) is 25.0 Å². The molecule has 0 radical (unpaired) electrons. The molecular weight excluding hydrogens is 273 g/mol. The van der Waals surface area contributed by atoms with Crippen LogP contribution in [0.15, 0.2) is 24.3 Å². The fourth-order valence-corrected chi connectivity index (χ4v) is 2.73. The van der Waals surface area contributed by atoms with Crippen molar-refractivity contribution < 1.29 is 19.0 Å². The van der Waals surface area contributed by atoms with Crippen LogP contribution in [-0.2, 0) is 4.79 Å². The van der Waals surface area contributed by atoms with Crippen LogP contribution < -0.4 is 10.1 Å². The molecule has 1 amide bonds. The molecule has 0 bridgehead atoms. The Bertz CT molecular complexity index is 472. The van der Waals surface area contributed by atoms with Crippen molar-refractivity contribution in [2.45, 2.75) is 44.1 Å². The highest BCUT2D eigenvalue weighted by atomic mass is 19.1. The minimum Gasteiger partial charge on any atom is -0.493 e. The van der Waals surface area contributed by atoms with Gasteiger partial charge < -0.3 is 15.2 Å². The highest BCUT2D eigenvalue weighted by Gasteiger charge is 2.32. The third-order valence-electron chi connectivity index (χ3n) is 3.91. The molecule has 1 aromatic carbocycles. The fourth-order valence-electron chi connectivity index (χ4n) is 2.73. The normalized spacial score (nSPS) is 17.2. The van der Waals surface area contributed by atoms with E-state index in [1.165, 1.54) is 12.1 Å². The first kappa shape index (κ1) is 15.8. The predicted molar refractivity (Wildman–Crippen MR) is 77.6 cm³/mol. The lowest BCUT2D eigenvalue weighted by Gasteiger charge is -2.36. The lowest BCUT2D eigenvalue weighted by molar-refractivity contribution is -0.124. The van der Waals surface area contributed by atoms with Crippen molar-refractivity contribution in [2.75, 3.05) is 13.2 Å². The predicted octanol–water partition coefficient (Wildman–Crippen LogP) is 2.41. The number of nitrogens with one attached hydrogen (secondary N) is 1. The molecule has 0 heterocycles. The van der Waals surface area contributed by atoms with Gasteiger partial charge in [0.1, 0.15) is 11.6 Å². The van der Waals surface area contributed by atoms with Gasteiger partial charge in [-0.2, -0.15) is 0 Å². The maximum Gasteiger partial charge on any atom is 0.223 e. The first-order valence-corrected chi connectivity index (χ1v) is 7.44. The number of carbonyl (C=O) groups is 1. The molecule has 116 valence electrons. The largest absolute Gasteiger partial charge is 0.493 e. The highest BCUT2D eigenvalue weighted by Crippen LogP contribution is 2.27. The molecule has 0 aromatic heterocycles. The van der Waals surface area contributed by atoms with Gasteiger partial charge in [0.05, 0.1) is 25.2 Å². The van der Waals surface area contributed by atoms with Crippen LogP contribution in [0, 0.1) is 5.82 Å². The molecule has 0 aliphatic heterocycles. The van der Waals surface area contributed by atoms with E-state index in [9.17, 15) is 14.3 Å². The number of benzene rings is 1. The SMILES string of the molecule is O=C(CCOc1cccc(F)c1)NC1(CO)CCCCC1. The van der Waals surface area contributed by atoms with Crippen molar-refractivity contribution in [3.05, 3.63) is 30.1 Å². The number of hydrogen-bond acceptors (Lipinski definition) is 3. The molecule has 1 aromatic rings. The Labute approximate surface area is 124 Å². The summed E-state index contributed by atoms with van der Waals surface area (Å²) < 4.78 is 18.3. The van der Waals surface area contributed by atoms with Crippen LogP contribution in [0.2, 0.25) is 0 Å². The number of carbonyl (C=O) groups excluding carboxylic acids is 1. The second kappa shape index (κ2) is 7.41. The number of aliphatic hydroxyl groups is 1.